The number of halogens is 1. The van der Waals surface area contributed by atoms with Crippen LogP contribution in [0, 0.1) is 12.7 Å². The van der Waals surface area contributed by atoms with E-state index in [-0.39, 0.29) is 29.1 Å². The number of hydrogen-bond acceptors (Lipinski definition) is 5. The Morgan fingerprint density at radius 1 is 1.16 bits per heavy atom. The molecule has 0 spiro atoms. The van der Waals surface area contributed by atoms with Gasteiger partial charge in [0.1, 0.15) is 5.82 Å². The molecule has 0 aliphatic carbocycles. The number of ether oxygens (including phenoxy) is 1. The Balaban J connectivity index is 1.53. The zero-order valence-corrected chi connectivity index (χ0v) is 18.5. The van der Waals surface area contributed by atoms with Gasteiger partial charge < -0.3 is 15.4 Å². The molecule has 0 bridgehead atoms. The molecule has 2 heterocycles. The number of rotatable bonds is 7. The van der Waals surface area contributed by atoms with Gasteiger partial charge in [-0.2, -0.15) is 4.31 Å². The van der Waals surface area contributed by atoms with E-state index in [4.69, 9.17) is 4.74 Å². The molecule has 31 heavy (non-hydrogen) atoms. The molecule has 2 aliphatic heterocycles. The van der Waals surface area contributed by atoms with Crippen LogP contribution in [0.25, 0.3) is 0 Å². The van der Waals surface area contributed by atoms with Gasteiger partial charge in [-0.05, 0) is 62.8 Å². The fourth-order valence-corrected chi connectivity index (χ4v) is 5.83. The van der Waals surface area contributed by atoms with Crippen LogP contribution in [0.2, 0.25) is 0 Å². The Labute approximate surface area is 182 Å². The molecule has 1 aromatic carbocycles. The normalized spacial score (nSPS) is 22.3. The van der Waals surface area contributed by atoms with Gasteiger partial charge in [0, 0.05) is 32.3 Å². The van der Waals surface area contributed by atoms with Crippen LogP contribution in [0.15, 0.2) is 23.1 Å². The van der Waals surface area contributed by atoms with Crippen LogP contribution in [0.5, 0.6) is 0 Å². The molecule has 1 aromatic rings. The van der Waals surface area contributed by atoms with Crippen molar-refractivity contribution in [3.05, 3.63) is 29.6 Å². The van der Waals surface area contributed by atoms with Crippen molar-refractivity contribution in [2.24, 2.45) is 0 Å². The number of nitrogens with one attached hydrogen (secondary N) is 2. The van der Waals surface area contributed by atoms with Gasteiger partial charge in [0.2, 0.25) is 10.0 Å². The lowest BCUT2D eigenvalue weighted by atomic mass is 10.0. The Morgan fingerprint density at radius 3 is 2.65 bits per heavy atom. The van der Waals surface area contributed by atoms with Gasteiger partial charge in [-0.15, -0.1) is 0 Å². The fourth-order valence-electron chi connectivity index (χ4n) is 4.02. The Morgan fingerprint density at radius 2 is 1.94 bits per heavy atom. The number of nitrogens with zero attached hydrogens (tertiary/aromatic N) is 1. The van der Waals surface area contributed by atoms with Crippen molar-refractivity contribution in [1.29, 1.82) is 0 Å². The van der Waals surface area contributed by atoms with E-state index >= 15 is 0 Å². The van der Waals surface area contributed by atoms with Gasteiger partial charge in [0.25, 0.3) is 0 Å². The van der Waals surface area contributed by atoms with Crippen LogP contribution in [0.3, 0.4) is 0 Å². The molecule has 0 radical (unpaired) electrons. The van der Waals surface area contributed by atoms with Crippen LogP contribution >= 0.6 is 0 Å². The van der Waals surface area contributed by atoms with Crippen molar-refractivity contribution in [3.8, 4) is 0 Å². The monoisotopic (exact) mass is 455 g/mol. The van der Waals surface area contributed by atoms with Crippen LogP contribution in [0.1, 0.15) is 44.1 Å². The van der Waals surface area contributed by atoms with Crippen LogP contribution in [0.4, 0.5) is 4.39 Å². The summed E-state index contributed by atoms with van der Waals surface area (Å²) in [4.78, 5) is 24.0. The average molecular weight is 456 g/mol. The van der Waals surface area contributed by atoms with Crippen molar-refractivity contribution in [2.45, 2.75) is 62.5 Å². The Kier molecular flexibility index (Phi) is 8.01. The van der Waals surface area contributed by atoms with Gasteiger partial charge in [-0.1, -0.05) is 6.42 Å². The molecule has 8 nitrogen and oxygen atoms in total. The summed E-state index contributed by atoms with van der Waals surface area (Å²) >= 11 is 0. The minimum Gasteiger partial charge on any atom is -0.376 e. The van der Waals surface area contributed by atoms with Crippen LogP contribution < -0.4 is 10.6 Å². The molecule has 2 atom stereocenters. The maximum absolute atomic E-state index is 13.6. The SMILES string of the molecule is Cc1cc(S(=O)(=O)N2CCCC[C@H]2CCNC(=O)C(=O)NC[C@@H]2CCCO2)ccc1F. The minimum absolute atomic E-state index is 0.0483. The molecular weight excluding hydrogens is 425 g/mol. The topological polar surface area (TPSA) is 105 Å². The van der Waals surface area contributed by atoms with Crippen molar-refractivity contribution < 1.29 is 27.1 Å². The van der Waals surface area contributed by atoms with E-state index < -0.39 is 27.7 Å². The quantitative estimate of drug-likeness (QED) is 0.606. The zero-order valence-electron chi connectivity index (χ0n) is 17.7. The van der Waals surface area contributed by atoms with Gasteiger partial charge >= 0.3 is 11.8 Å². The maximum atomic E-state index is 13.6. The summed E-state index contributed by atoms with van der Waals surface area (Å²) in [7, 11) is -3.77. The van der Waals surface area contributed by atoms with E-state index in [1.165, 1.54) is 23.4 Å². The highest BCUT2D eigenvalue weighted by atomic mass is 32.2. The van der Waals surface area contributed by atoms with E-state index in [1.807, 2.05) is 0 Å². The Hall–Kier alpha value is -2.04. The lowest BCUT2D eigenvalue weighted by Gasteiger charge is -2.34. The first-order chi connectivity index (χ1) is 14.8. The molecule has 2 amide bonds. The number of carbonyl (C=O) groups excluding carboxylic acids is 2. The Bertz CT molecular complexity index is 902. The molecule has 0 aromatic heterocycles. The molecule has 3 rings (SSSR count). The second kappa shape index (κ2) is 10.5. The summed E-state index contributed by atoms with van der Waals surface area (Å²) in [6.07, 6.45) is 4.45. The van der Waals surface area contributed by atoms with E-state index in [0.29, 0.717) is 32.5 Å². The highest BCUT2D eigenvalue weighted by molar-refractivity contribution is 7.89. The predicted molar refractivity (Wildman–Crippen MR) is 112 cm³/mol. The fraction of sp³-hybridized carbons (Fsp3) is 0.619. The van der Waals surface area contributed by atoms with Crippen LogP contribution in [-0.4, -0.2) is 62.9 Å². The summed E-state index contributed by atoms with van der Waals surface area (Å²) in [5.41, 5.74) is 0.274. The molecule has 2 fully saturated rings. The summed E-state index contributed by atoms with van der Waals surface area (Å²) in [6.45, 7) is 3.06. The third-order valence-corrected chi connectivity index (χ3v) is 7.74. The van der Waals surface area contributed by atoms with Gasteiger partial charge in [0.05, 0.1) is 11.0 Å². The smallest absolute Gasteiger partial charge is 0.309 e. The maximum Gasteiger partial charge on any atom is 0.309 e. The third-order valence-electron chi connectivity index (χ3n) is 5.79. The number of hydrogen-bond donors (Lipinski definition) is 2. The van der Waals surface area contributed by atoms with E-state index in [9.17, 15) is 22.4 Å². The summed E-state index contributed by atoms with van der Waals surface area (Å²) in [6, 6.07) is 3.50. The number of benzene rings is 1. The van der Waals surface area contributed by atoms with Crippen molar-refractivity contribution in [1.82, 2.24) is 14.9 Å². The number of sulfonamides is 1. The lowest BCUT2D eigenvalue weighted by Crippen LogP contribution is -2.47. The van der Waals surface area contributed by atoms with E-state index in [0.717, 1.165) is 31.7 Å². The lowest BCUT2D eigenvalue weighted by molar-refractivity contribution is -0.139. The van der Waals surface area contributed by atoms with Crippen molar-refractivity contribution in [2.75, 3.05) is 26.2 Å². The molecule has 2 N–H and O–H groups in total. The zero-order chi connectivity index (χ0) is 22.4. The number of carbonyl (C=O) groups is 2. The molecular formula is C21H30FN3O5S. The molecule has 0 saturated carbocycles. The minimum atomic E-state index is -3.77. The number of piperidine rings is 1. The van der Waals surface area contributed by atoms with Gasteiger partial charge in [0.15, 0.2) is 0 Å². The standard InChI is InChI=1S/C21H30FN3O5S/c1-15-13-18(7-8-19(15)22)31(28,29)25-11-3-2-5-16(25)9-10-23-20(26)21(27)24-14-17-6-4-12-30-17/h7-8,13,16-17H,2-6,9-12,14H2,1H3,(H,23,26)(H,24,27)/t16-,17-/m0/s1. The molecule has 2 saturated heterocycles. The van der Waals surface area contributed by atoms with E-state index in [2.05, 4.69) is 10.6 Å². The number of aryl methyl sites for hydroxylation is 1. The van der Waals surface area contributed by atoms with Gasteiger partial charge in [-0.3, -0.25) is 9.59 Å². The first-order valence-electron chi connectivity index (χ1n) is 10.7. The molecule has 10 heteroatoms. The number of amides is 2. The average Bonchev–Trinajstić information content (AvgIpc) is 3.27. The second-order valence-electron chi connectivity index (χ2n) is 8.07. The van der Waals surface area contributed by atoms with Crippen molar-refractivity contribution in [3.63, 3.8) is 0 Å². The second-order valence-corrected chi connectivity index (χ2v) is 9.96. The first-order valence-corrected chi connectivity index (χ1v) is 12.2. The summed E-state index contributed by atoms with van der Waals surface area (Å²) < 4.78 is 46.6. The highest BCUT2D eigenvalue weighted by Crippen LogP contribution is 2.27. The third kappa shape index (κ3) is 6.02. The molecule has 0 unspecified atom stereocenters. The summed E-state index contributed by atoms with van der Waals surface area (Å²) in [5, 5.41) is 5.13. The first kappa shape index (κ1) is 23.6. The largest absolute Gasteiger partial charge is 0.376 e. The highest BCUT2D eigenvalue weighted by Gasteiger charge is 2.33. The summed E-state index contributed by atoms with van der Waals surface area (Å²) in [5.74, 6) is -1.91. The predicted octanol–water partition coefficient (Wildman–Crippen LogP) is 1.48. The van der Waals surface area contributed by atoms with Gasteiger partial charge in [-0.25, -0.2) is 12.8 Å². The van der Waals surface area contributed by atoms with Crippen LogP contribution in [-0.2, 0) is 24.3 Å². The molecule has 2 aliphatic rings. The molecule has 172 valence electrons. The van der Waals surface area contributed by atoms with Crippen molar-refractivity contribution >= 4 is 21.8 Å². The van der Waals surface area contributed by atoms with E-state index in [1.54, 1.807) is 0 Å².